The minimum Gasteiger partial charge on any atom is -0.283 e. The van der Waals surface area contributed by atoms with Crippen molar-refractivity contribution in [3.8, 4) is 0 Å². The number of benzene rings is 1. The van der Waals surface area contributed by atoms with Gasteiger partial charge in [0.1, 0.15) is 0 Å². The van der Waals surface area contributed by atoms with E-state index in [4.69, 9.17) is 28.2 Å². The van der Waals surface area contributed by atoms with E-state index in [1.165, 1.54) is 0 Å². The van der Waals surface area contributed by atoms with E-state index in [0.717, 1.165) is 47.7 Å². The van der Waals surface area contributed by atoms with E-state index in [-0.39, 0.29) is 0 Å². The van der Waals surface area contributed by atoms with Crippen LogP contribution in [0.5, 0.6) is 0 Å². The first kappa shape index (κ1) is 16.5. The Balaban J connectivity index is 2.38. The molecule has 0 aliphatic carbocycles. The highest BCUT2D eigenvalue weighted by Gasteiger charge is 2.20. The normalized spacial score (nSPS) is 22.2. The van der Waals surface area contributed by atoms with Crippen molar-refractivity contribution in [1.29, 1.82) is 0 Å². The van der Waals surface area contributed by atoms with Crippen molar-refractivity contribution >= 4 is 39.8 Å². The number of aliphatic imine (C=N–C) groups is 2. The Morgan fingerprint density at radius 2 is 2.14 bits per heavy atom. The SMILES string of the molecule is CCCC(C)N=C1C(Cl)=Nc2ccc(Cl)cc2CCC1C. The van der Waals surface area contributed by atoms with Crippen molar-refractivity contribution in [2.24, 2.45) is 15.9 Å². The molecule has 2 rings (SSSR count). The molecule has 1 aromatic rings. The fourth-order valence-corrected chi connectivity index (χ4v) is 3.16. The summed E-state index contributed by atoms with van der Waals surface area (Å²) in [7, 11) is 0. The summed E-state index contributed by atoms with van der Waals surface area (Å²) in [5.74, 6) is 0.313. The third-order valence-corrected chi connectivity index (χ3v) is 4.36. The number of aryl methyl sites for hydroxylation is 1. The lowest BCUT2D eigenvalue weighted by Gasteiger charge is -2.20. The average molecular weight is 325 g/mol. The van der Waals surface area contributed by atoms with Gasteiger partial charge in [-0.2, -0.15) is 0 Å². The lowest BCUT2D eigenvalue weighted by atomic mass is 9.94. The van der Waals surface area contributed by atoms with Crippen LogP contribution in [0.1, 0.15) is 45.6 Å². The van der Waals surface area contributed by atoms with Gasteiger partial charge < -0.3 is 0 Å². The van der Waals surface area contributed by atoms with E-state index < -0.39 is 0 Å². The molecule has 2 nitrogen and oxygen atoms in total. The molecule has 21 heavy (non-hydrogen) atoms. The fraction of sp³-hybridized carbons (Fsp3) is 0.529. The fourth-order valence-electron chi connectivity index (χ4n) is 2.64. The minimum atomic E-state index is 0.292. The number of fused-ring (bicyclic) bond motifs is 1. The molecule has 0 radical (unpaired) electrons. The molecule has 0 saturated heterocycles. The molecular formula is C17H22Cl2N2. The molecule has 0 amide bonds. The largest absolute Gasteiger partial charge is 0.283 e. The minimum absolute atomic E-state index is 0.292. The molecule has 0 spiro atoms. The quantitative estimate of drug-likeness (QED) is 0.669. The van der Waals surface area contributed by atoms with Gasteiger partial charge in [0.15, 0.2) is 5.17 Å². The van der Waals surface area contributed by atoms with E-state index in [0.29, 0.717) is 17.1 Å². The van der Waals surface area contributed by atoms with E-state index in [1.807, 2.05) is 18.2 Å². The van der Waals surface area contributed by atoms with Gasteiger partial charge in [0, 0.05) is 17.0 Å². The first-order valence-electron chi connectivity index (χ1n) is 7.62. The number of hydrogen-bond acceptors (Lipinski definition) is 2. The molecule has 1 aliphatic heterocycles. The van der Waals surface area contributed by atoms with Crippen LogP contribution < -0.4 is 0 Å². The number of hydrogen-bond donors (Lipinski definition) is 0. The average Bonchev–Trinajstić information content (AvgIpc) is 2.43. The van der Waals surface area contributed by atoms with Gasteiger partial charge in [-0.25, -0.2) is 4.99 Å². The molecule has 2 atom stereocenters. The Morgan fingerprint density at radius 1 is 1.38 bits per heavy atom. The first-order chi connectivity index (χ1) is 10.0. The molecule has 0 N–H and O–H groups in total. The molecule has 1 aromatic carbocycles. The van der Waals surface area contributed by atoms with E-state index >= 15 is 0 Å². The number of halogens is 2. The van der Waals surface area contributed by atoms with Gasteiger partial charge >= 0.3 is 0 Å². The lowest BCUT2D eigenvalue weighted by Crippen LogP contribution is -2.22. The molecule has 4 heteroatoms. The van der Waals surface area contributed by atoms with Crippen molar-refractivity contribution in [3.05, 3.63) is 28.8 Å². The van der Waals surface area contributed by atoms with Crippen LogP contribution in [0, 0.1) is 5.92 Å². The zero-order valence-electron chi connectivity index (χ0n) is 12.9. The van der Waals surface area contributed by atoms with Crippen LogP contribution in [0.3, 0.4) is 0 Å². The standard InChI is InChI=1S/C17H22Cl2N2/c1-4-5-12(3)20-16-11(2)6-7-13-10-14(18)8-9-15(13)21-17(16)19/h8-12H,4-7H2,1-3H3. The second kappa shape index (κ2) is 7.42. The Morgan fingerprint density at radius 3 is 2.86 bits per heavy atom. The Labute approximate surface area is 137 Å². The van der Waals surface area contributed by atoms with Crippen LogP contribution >= 0.6 is 23.2 Å². The van der Waals surface area contributed by atoms with E-state index in [9.17, 15) is 0 Å². The van der Waals surface area contributed by atoms with Crippen LogP contribution in [-0.4, -0.2) is 16.9 Å². The Kier molecular flexibility index (Phi) is 5.83. The molecular weight excluding hydrogens is 303 g/mol. The monoisotopic (exact) mass is 324 g/mol. The second-order valence-corrected chi connectivity index (χ2v) is 6.56. The molecule has 1 heterocycles. The van der Waals surface area contributed by atoms with Gasteiger partial charge in [0.05, 0.1) is 11.4 Å². The molecule has 114 valence electrons. The summed E-state index contributed by atoms with van der Waals surface area (Å²) in [5.41, 5.74) is 3.01. The number of nitrogens with zero attached hydrogens (tertiary/aromatic N) is 2. The zero-order chi connectivity index (χ0) is 15.4. The van der Waals surface area contributed by atoms with Crippen LogP contribution in [0.15, 0.2) is 28.2 Å². The summed E-state index contributed by atoms with van der Waals surface area (Å²) in [6, 6.07) is 6.07. The zero-order valence-corrected chi connectivity index (χ0v) is 14.4. The van der Waals surface area contributed by atoms with Crippen LogP contribution in [0.2, 0.25) is 5.02 Å². The van der Waals surface area contributed by atoms with Crippen molar-refractivity contribution < 1.29 is 0 Å². The maximum atomic E-state index is 6.45. The third-order valence-electron chi connectivity index (χ3n) is 3.85. The highest BCUT2D eigenvalue weighted by molar-refractivity contribution is 6.84. The van der Waals surface area contributed by atoms with Crippen molar-refractivity contribution in [3.63, 3.8) is 0 Å². The smallest absolute Gasteiger partial charge is 0.150 e. The van der Waals surface area contributed by atoms with Gasteiger partial charge in [0.2, 0.25) is 0 Å². The predicted molar refractivity (Wildman–Crippen MR) is 93.7 cm³/mol. The summed E-state index contributed by atoms with van der Waals surface area (Å²) in [5, 5.41) is 1.27. The van der Waals surface area contributed by atoms with E-state index in [2.05, 4.69) is 25.8 Å². The topological polar surface area (TPSA) is 24.7 Å². The van der Waals surface area contributed by atoms with Crippen molar-refractivity contribution in [2.45, 2.75) is 52.5 Å². The van der Waals surface area contributed by atoms with Crippen molar-refractivity contribution in [2.75, 3.05) is 0 Å². The summed E-state index contributed by atoms with van der Waals surface area (Å²) in [6.07, 6.45) is 4.16. The summed E-state index contributed by atoms with van der Waals surface area (Å²) in [4.78, 5) is 9.39. The molecule has 2 unspecified atom stereocenters. The van der Waals surface area contributed by atoms with Gasteiger partial charge in [-0.3, -0.25) is 4.99 Å². The van der Waals surface area contributed by atoms with Gasteiger partial charge in [-0.15, -0.1) is 0 Å². The van der Waals surface area contributed by atoms with Crippen LogP contribution in [0.25, 0.3) is 0 Å². The van der Waals surface area contributed by atoms with Crippen LogP contribution in [-0.2, 0) is 6.42 Å². The van der Waals surface area contributed by atoms with E-state index in [1.54, 1.807) is 0 Å². The summed E-state index contributed by atoms with van der Waals surface area (Å²) >= 11 is 12.5. The molecule has 1 aliphatic rings. The Hall–Kier alpha value is -0.860. The lowest BCUT2D eigenvalue weighted by molar-refractivity contribution is 0.634. The highest BCUT2D eigenvalue weighted by atomic mass is 35.5. The second-order valence-electron chi connectivity index (χ2n) is 5.77. The van der Waals surface area contributed by atoms with Gasteiger partial charge in [-0.1, -0.05) is 43.5 Å². The first-order valence-corrected chi connectivity index (χ1v) is 8.37. The molecule has 0 bridgehead atoms. The van der Waals surface area contributed by atoms with Crippen molar-refractivity contribution in [1.82, 2.24) is 0 Å². The molecule has 0 saturated carbocycles. The van der Waals surface area contributed by atoms with Gasteiger partial charge in [0.25, 0.3) is 0 Å². The Bertz CT molecular complexity index is 564. The van der Waals surface area contributed by atoms with Crippen LogP contribution in [0.4, 0.5) is 5.69 Å². The predicted octanol–water partition coefficient (Wildman–Crippen LogP) is 5.82. The summed E-state index contributed by atoms with van der Waals surface area (Å²) in [6.45, 7) is 6.48. The number of rotatable bonds is 3. The van der Waals surface area contributed by atoms with Gasteiger partial charge in [-0.05, 0) is 49.9 Å². The maximum absolute atomic E-state index is 6.45. The third kappa shape index (κ3) is 4.31. The summed E-state index contributed by atoms with van der Waals surface area (Å²) < 4.78 is 0. The highest BCUT2D eigenvalue weighted by Crippen LogP contribution is 2.29. The molecule has 0 fully saturated rings. The maximum Gasteiger partial charge on any atom is 0.150 e. The molecule has 0 aromatic heterocycles.